The zero-order chi connectivity index (χ0) is 15.4. The van der Waals surface area contributed by atoms with Gasteiger partial charge in [0.05, 0.1) is 35.1 Å². The van der Waals surface area contributed by atoms with Crippen LogP contribution < -0.4 is 21.9 Å². The Hall–Kier alpha value is -2.57. The lowest BCUT2D eigenvalue weighted by atomic mass is 10.1. The predicted molar refractivity (Wildman–Crippen MR) is 83.1 cm³/mol. The van der Waals surface area contributed by atoms with Gasteiger partial charge in [0, 0.05) is 6.54 Å². The van der Waals surface area contributed by atoms with Gasteiger partial charge in [-0.25, -0.2) is 4.98 Å². The third kappa shape index (κ3) is 3.31. The van der Waals surface area contributed by atoms with Gasteiger partial charge in [0.1, 0.15) is 0 Å². The monoisotopic (exact) mass is 289 g/mol. The summed E-state index contributed by atoms with van der Waals surface area (Å²) in [5.41, 5.74) is 12.7. The van der Waals surface area contributed by atoms with E-state index in [1.165, 1.54) is 6.33 Å². The molecule has 1 amide bonds. The topological polar surface area (TPSA) is 118 Å². The smallest absolute Gasteiger partial charge is 0.258 e. The molecule has 112 valence electrons. The van der Waals surface area contributed by atoms with Gasteiger partial charge in [0.15, 0.2) is 0 Å². The van der Waals surface area contributed by atoms with Crippen molar-refractivity contribution in [2.45, 2.75) is 19.8 Å². The molecular weight excluding hydrogens is 270 g/mol. The Labute approximate surface area is 122 Å². The lowest BCUT2D eigenvalue weighted by molar-refractivity contribution is -0.116. The van der Waals surface area contributed by atoms with E-state index in [1.807, 2.05) is 4.90 Å². The van der Waals surface area contributed by atoms with Crippen LogP contribution in [0.25, 0.3) is 10.9 Å². The number of carbonyl (C=O) groups excluding carboxylic acids is 1. The number of carbonyl (C=O) groups is 1. The number of rotatable bonds is 6. The van der Waals surface area contributed by atoms with Crippen LogP contribution >= 0.6 is 0 Å². The number of anilines is 2. The van der Waals surface area contributed by atoms with Gasteiger partial charge in [0.2, 0.25) is 5.91 Å². The third-order valence-electron chi connectivity index (χ3n) is 3.26. The number of fused-ring (bicyclic) bond motifs is 1. The highest BCUT2D eigenvalue weighted by atomic mass is 16.1. The highest BCUT2D eigenvalue weighted by Gasteiger charge is 2.14. The van der Waals surface area contributed by atoms with E-state index in [1.54, 1.807) is 12.1 Å². The number of nitrogen functional groups attached to an aromatic ring is 1. The molecule has 0 unspecified atom stereocenters. The Balaban J connectivity index is 2.48. The number of benzene rings is 1. The van der Waals surface area contributed by atoms with Crippen molar-refractivity contribution in [2.24, 2.45) is 5.73 Å². The molecule has 0 spiro atoms. The predicted octanol–water partition coefficient (Wildman–Crippen LogP) is 0.597. The Morgan fingerprint density at radius 1 is 1.43 bits per heavy atom. The van der Waals surface area contributed by atoms with Crippen molar-refractivity contribution in [3.8, 4) is 0 Å². The number of amides is 1. The Morgan fingerprint density at radius 2 is 2.19 bits per heavy atom. The van der Waals surface area contributed by atoms with Gasteiger partial charge in [0.25, 0.3) is 5.56 Å². The molecule has 1 aromatic heterocycles. The Bertz CT molecular complexity index is 710. The van der Waals surface area contributed by atoms with E-state index in [-0.39, 0.29) is 12.1 Å². The van der Waals surface area contributed by atoms with E-state index in [9.17, 15) is 9.59 Å². The molecule has 1 heterocycles. The minimum absolute atomic E-state index is 0.0822. The maximum absolute atomic E-state index is 11.7. The quantitative estimate of drug-likeness (QED) is 0.673. The van der Waals surface area contributed by atoms with Crippen LogP contribution in [0.5, 0.6) is 0 Å². The molecule has 2 rings (SSSR count). The summed E-state index contributed by atoms with van der Waals surface area (Å²) in [5, 5.41) is 0.424. The maximum atomic E-state index is 11.7. The second-order valence-electron chi connectivity index (χ2n) is 4.90. The average Bonchev–Trinajstić information content (AvgIpc) is 2.43. The molecular formula is C14H19N5O2. The molecule has 7 heteroatoms. The molecule has 7 nitrogen and oxygen atoms in total. The largest absolute Gasteiger partial charge is 0.397 e. The van der Waals surface area contributed by atoms with Gasteiger partial charge in [-0.15, -0.1) is 0 Å². The molecule has 0 bridgehead atoms. The molecule has 1 aromatic carbocycles. The second kappa shape index (κ2) is 6.25. The van der Waals surface area contributed by atoms with E-state index < -0.39 is 5.91 Å². The second-order valence-corrected chi connectivity index (χ2v) is 4.90. The van der Waals surface area contributed by atoms with E-state index in [0.717, 1.165) is 12.8 Å². The van der Waals surface area contributed by atoms with Gasteiger partial charge in [-0.1, -0.05) is 13.3 Å². The van der Waals surface area contributed by atoms with Crippen LogP contribution in [0.2, 0.25) is 0 Å². The number of hydrogen-bond donors (Lipinski definition) is 3. The molecule has 0 aliphatic carbocycles. The number of aromatic amines is 1. The summed E-state index contributed by atoms with van der Waals surface area (Å²) in [6, 6.07) is 3.30. The molecule has 5 N–H and O–H groups in total. The van der Waals surface area contributed by atoms with Crippen molar-refractivity contribution >= 4 is 28.2 Å². The number of aromatic nitrogens is 2. The summed E-state index contributed by atoms with van der Waals surface area (Å²) in [7, 11) is 0. The summed E-state index contributed by atoms with van der Waals surface area (Å²) in [6.07, 6.45) is 3.24. The standard InChI is InChI=1S/C14H19N5O2/c1-2-3-4-19(7-13(16)20)12-6-11-9(5-10(12)15)14(21)18-8-17-11/h5-6,8H,2-4,7,15H2,1H3,(H2,16,20)(H,17,18,21). The molecule has 21 heavy (non-hydrogen) atoms. The van der Waals surface area contributed by atoms with E-state index in [2.05, 4.69) is 16.9 Å². The summed E-state index contributed by atoms with van der Waals surface area (Å²) < 4.78 is 0. The first-order valence-electron chi connectivity index (χ1n) is 6.83. The molecule has 0 atom stereocenters. The molecule has 0 saturated heterocycles. The van der Waals surface area contributed by atoms with Gasteiger partial charge in [-0.3, -0.25) is 9.59 Å². The van der Waals surface area contributed by atoms with Crippen molar-refractivity contribution < 1.29 is 4.79 Å². The number of nitrogens with zero attached hydrogens (tertiary/aromatic N) is 2. The minimum atomic E-state index is -0.426. The normalized spacial score (nSPS) is 10.7. The van der Waals surface area contributed by atoms with Crippen LogP contribution in [0.15, 0.2) is 23.3 Å². The molecule has 0 fully saturated rings. The summed E-state index contributed by atoms with van der Waals surface area (Å²) in [4.78, 5) is 31.4. The number of H-pyrrole nitrogens is 1. The summed E-state index contributed by atoms with van der Waals surface area (Å²) in [5.74, 6) is -0.426. The molecule has 2 aromatic rings. The van der Waals surface area contributed by atoms with Crippen LogP contribution in [0.3, 0.4) is 0 Å². The Morgan fingerprint density at radius 3 is 2.86 bits per heavy atom. The highest BCUT2D eigenvalue weighted by molar-refractivity contribution is 5.90. The van der Waals surface area contributed by atoms with Crippen molar-refractivity contribution in [1.82, 2.24) is 9.97 Å². The SMILES string of the molecule is CCCCN(CC(N)=O)c1cc2nc[nH]c(=O)c2cc1N. The average molecular weight is 289 g/mol. The fraction of sp³-hybridized carbons (Fsp3) is 0.357. The lowest BCUT2D eigenvalue weighted by Crippen LogP contribution is -2.35. The molecule has 0 aliphatic rings. The number of nitrogens with two attached hydrogens (primary N) is 2. The van der Waals surface area contributed by atoms with E-state index in [4.69, 9.17) is 11.5 Å². The highest BCUT2D eigenvalue weighted by Crippen LogP contribution is 2.27. The van der Waals surface area contributed by atoms with Crippen LogP contribution in [0, 0.1) is 0 Å². The van der Waals surface area contributed by atoms with Gasteiger partial charge >= 0.3 is 0 Å². The van der Waals surface area contributed by atoms with Gasteiger partial charge < -0.3 is 21.4 Å². The maximum Gasteiger partial charge on any atom is 0.258 e. The van der Waals surface area contributed by atoms with Crippen molar-refractivity contribution in [2.75, 3.05) is 23.7 Å². The van der Waals surface area contributed by atoms with Crippen LogP contribution in [-0.4, -0.2) is 29.0 Å². The molecule has 0 saturated carbocycles. The van der Waals surface area contributed by atoms with E-state index >= 15 is 0 Å². The fourth-order valence-electron chi connectivity index (χ4n) is 2.22. The third-order valence-corrected chi connectivity index (χ3v) is 3.26. The summed E-state index contributed by atoms with van der Waals surface area (Å²) >= 11 is 0. The van der Waals surface area contributed by atoms with Crippen LogP contribution in [-0.2, 0) is 4.79 Å². The zero-order valence-electron chi connectivity index (χ0n) is 11.9. The van der Waals surface area contributed by atoms with E-state index in [0.29, 0.717) is 28.8 Å². The number of primary amides is 1. The van der Waals surface area contributed by atoms with Crippen molar-refractivity contribution in [1.29, 1.82) is 0 Å². The van der Waals surface area contributed by atoms with Gasteiger partial charge in [-0.2, -0.15) is 0 Å². The van der Waals surface area contributed by atoms with Crippen molar-refractivity contribution in [3.05, 3.63) is 28.8 Å². The lowest BCUT2D eigenvalue weighted by Gasteiger charge is -2.24. The Kier molecular flexibility index (Phi) is 4.42. The first-order valence-corrected chi connectivity index (χ1v) is 6.83. The first kappa shape index (κ1) is 14.8. The number of nitrogens with one attached hydrogen (secondary N) is 1. The number of hydrogen-bond acceptors (Lipinski definition) is 5. The minimum Gasteiger partial charge on any atom is -0.397 e. The van der Waals surface area contributed by atoms with Crippen molar-refractivity contribution in [3.63, 3.8) is 0 Å². The fourth-order valence-corrected chi connectivity index (χ4v) is 2.22. The first-order chi connectivity index (χ1) is 10.0. The van der Waals surface area contributed by atoms with Gasteiger partial charge in [-0.05, 0) is 18.6 Å². The van der Waals surface area contributed by atoms with Crippen LogP contribution in [0.4, 0.5) is 11.4 Å². The zero-order valence-corrected chi connectivity index (χ0v) is 11.9. The molecule has 0 aliphatic heterocycles. The summed E-state index contributed by atoms with van der Waals surface area (Å²) in [6.45, 7) is 2.81. The van der Waals surface area contributed by atoms with Crippen LogP contribution in [0.1, 0.15) is 19.8 Å². The number of unbranched alkanes of at least 4 members (excludes halogenated alkanes) is 1. The molecule has 0 radical (unpaired) electrons.